The predicted octanol–water partition coefficient (Wildman–Crippen LogP) is 3.83. The van der Waals surface area contributed by atoms with Crippen molar-refractivity contribution in [2.75, 3.05) is 0 Å². The van der Waals surface area contributed by atoms with Crippen LogP contribution in [0.3, 0.4) is 0 Å². The zero-order chi connectivity index (χ0) is 14.5. The number of nitrogens with zero attached hydrogens (tertiary/aromatic N) is 1. The van der Waals surface area contributed by atoms with Crippen molar-refractivity contribution in [1.29, 1.82) is 0 Å². The first-order valence-electron chi connectivity index (χ1n) is 6.39. The van der Waals surface area contributed by atoms with Crippen LogP contribution in [0.25, 0.3) is 0 Å². The van der Waals surface area contributed by atoms with Crippen molar-refractivity contribution in [1.82, 2.24) is 4.98 Å². The Balaban J connectivity index is 1.95. The number of benzene rings is 1. The summed E-state index contributed by atoms with van der Waals surface area (Å²) in [5, 5.41) is 8.90. The van der Waals surface area contributed by atoms with Crippen molar-refractivity contribution in [2.45, 2.75) is 25.4 Å². The van der Waals surface area contributed by atoms with Gasteiger partial charge in [-0.15, -0.1) is 0 Å². The number of carboxylic acids is 1. The van der Waals surface area contributed by atoms with Crippen LogP contribution < -0.4 is 0 Å². The summed E-state index contributed by atoms with van der Waals surface area (Å²) in [6.07, 6.45) is 0. The number of carbonyl (C=O) groups is 1. The van der Waals surface area contributed by atoms with Gasteiger partial charge in [-0.25, -0.2) is 9.78 Å². The summed E-state index contributed by atoms with van der Waals surface area (Å²) < 4.78 is 0. The van der Waals surface area contributed by atoms with Gasteiger partial charge >= 0.3 is 5.97 Å². The van der Waals surface area contributed by atoms with Gasteiger partial charge in [-0.1, -0.05) is 35.4 Å². The van der Waals surface area contributed by atoms with Crippen LogP contribution in [0.5, 0.6) is 0 Å². The van der Waals surface area contributed by atoms with Crippen LogP contribution in [0.15, 0.2) is 36.4 Å². The maximum absolute atomic E-state index is 10.9. The predicted molar refractivity (Wildman–Crippen MR) is 82.1 cm³/mol. The molecule has 0 radical (unpaired) electrons. The van der Waals surface area contributed by atoms with Crippen LogP contribution in [-0.2, 0) is 11.5 Å². The molecule has 0 saturated heterocycles. The van der Waals surface area contributed by atoms with Gasteiger partial charge in [0.2, 0.25) is 0 Å². The highest BCUT2D eigenvalue weighted by Crippen LogP contribution is 2.19. The van der Waals surface area contributed by atoms with E-state index >= 15 is 0 Å². The van der Waals surface area contributed by atoms with Gasteiger partial charge in [0.05, 0.1) is 5.69 Å². The zero-order valence-corrected chi connectivity index (χ0v) is 12.4. The molecule has 104 valence electrons. The summed E-state index contributed by atoms with van der Waals surface area (Å²) in [4.78, 5) is 15.0. The monoisotopic (exact) mass is 287 g/mol. The fraction of sp³-hybridized carbons (Fsp3) is 0.250. The average molecular weight is 287 g/mol. The van der Waals surface area contributed by atoms with E-state index in [-0.39, 0.29) is 5.69 Å². The van der Waals surface area contributed by atoms with Gasteiger partial charge in [0, 0.05) is 11.5 Å². The largest absolute Gasteiger partial charge is 0.477 e. The van der Waals surface area contributed by atoms with E-state index in [9.17, 15) is 4.79 Å². The van der Waals surface area contributed by atoms with E-state index in [0.717, 1.165) is 11.4 Å². The molecule has 0 saturated carbocycles. The quantitative estimate of drug-likeness (QED) is 0.908. The van der Waals surface area contributed by atoms with Crippen LogP contribution in [-0.4, -0.2) is 16.1 Å². The third-order valence-corrected chi connectivity index (χ3v) is 3.86. The Labute approximate surface area is 123 Å². The van der Waals surface area contributed by atoms with Crippen LogP contribution in [0.1, 0.15) is 32.9 Å². The number of aryl methyl sites for hydroxylation is 2. The highest BCUT2D eigenvalue weighted by molar-refractivity contribution is 7.97. The number of aromatic carboxylic acids is 1. The molecule has 3 nitrogen and oxygen atoms in total. The lowest BCUT2D eigenvalue weighted by molar-refractivity contribution is 0.0690. The van der Waals surface area contributed by atoms with E-state index in [1.807, 2.05) is 6.07 Å². The molecule has 4 heteroatoms. The minimum absolute atomic E-state index is 0.106. The maximum atomic E-state index is 10.9. The fourth-order valence-corrected chi connectivity index (χ4v) is 2.98. The van der Waals surface area contributed by atoms with E-state index < -0.39 is 5.97 Å². The number of hydrogen-bond donors (Lipinski definition) is 1. The Morgan fingerprint density at radius 3 is 2.50 bits per heavy atom. The molecule has 1 aromatic heterocycles. The second-order valence-electron chi connectivity index (χ2n) is 4.81. The Bertz CT molecular complexity index is 605. The lowest BCUT2D eigenvalue weighted by atomic mass is 10.1. The lowest BCUT2D eigenvalue weighted by Crippen LogP contribution is -2.01. The second kappa shape index (κ2) is 6.57. The van der Waals surface area contributed by atoms with Crippen LogP contribution in [0.4, 0.5) is 0 Å². The van der Waals surface area contributed by atoms with Crippen molar-refractivity contribution in [3.63, 3.8) is 0 Å². The summed E-state index contributed by atoms with van der Waals surface area (Å²) in [5.74, 6) is 0.640. The molecule has 0 aliphatic carbocycles. The molecule has 1 N–H and O–H groups in total. The molecule has 20 heavy (non-hydrogen) atoms. The molecule has 0 atom stereocenters. The van der Waals surface area contributed by atoms with Gasteiger partial charge in [-0.05, 0) is 31.5 Å². The molecule has 0 bridgehead atoms. The molecule has 1 aromatic carbocycles. The standard InChI is InChI=1S/C16H17NO2S/c1-11-6-12(2)8-13(7-11)9-20-10-14-4-3-5-15(17-14)16(18)19/h3-8H,9-10H2,1-2H3,(H,18,19). The second-order valence-corrected chi connectivity index (χ2v) is 5.79. The Kier molecular flexibility index (Phi) is 4.79. The van der Waals surface area contributed by atoms with Crippen molar-refractivity contribution in [3.05, 3.63) is 64.5 Å². The molecule has 0 fully saturated rings. The van der Waals surface area contributed by atoms with Gasteiger partial charge in [0.1, 0.15) is 5.69 Å². The number of rotatable bonds is 5. The zero-order valence-electron chi connectivity index (χ0n) is 11.6. The number of aromatic nitrogens is 1. The topological polar surface area (TPSA) is 50.2 Å². The van der Waals surface area contributed by atoms with E-state index in [2.05, 4.69) is 37.0 Å². The maximum Gasteiger partial charge on any atom is 0.354 e. The van der Waals surface area contributed by atoms with Gasteiger partial charge in [-0.3, -0.25) is 0 Å². The highest BCUT2D eigenvalue weighted by Gasteiger charge is 2.05. The molecular weight excluding hydrogens is 270 g/mol. The fourth-order valence-electron chi connectivity index (χ4n) is 2.10. The summed E-state index contributed by atoms with van der Waals surface area (Å²) in [6, 6.07) is 11.6. The molecule has 0 aliphatic heterocycles. The molecule has 0 spiro atoms. The van der Waals surface area contributed by atoms with Crippen molar-refractivity contribution in [3.8, 4) is 0 Å². The number of pyridine rings is 1. The Morgan fingerprint density at radius 1 is 1.15 bits per heavy atom. The molecule has 2 rings (SSSR count). The van der Waals surface area contributed by atoms with Crippen molar-refractivity contribution in [2.24, 2.45) is 0 Å². The normalized spacial score (nSPS) is 10.5. The molecule has 1 heterocycles. The third-order valence-electron chi connectivity index (χ3n) is 2.83. The van der Waals surface area contributed by atoms with Gasteiger partial charge < -0.3 is 5.11 Å². The average Bonchev–Trinajstić information content (AvgIpc) is 2.38. The summed E-state index contributed by atoms with van der Waals surface area (Å²) in [6.45, 7) is 4.19. The molecule has 2 aromatic rings. The number of hydrogen-bond acceptors (Lipinski definition) is 3. The molecule has 0 amide bonds. The van der Waals surface area contributed by atoms with Crippen molar-refractivity contribution < 1.29 is 9.90 Å². The van der Waals surface area contributed by atoms with Crippen LogP contribution in [0, 0.1) is 13.8 Å². The molecular formula is C16H17NO2S. The van der Waals surface area contributed by atoms with Crippen molar-refractivity contribution >= 4 is 17.7 Å². The first-order valence-corrected chi connectivity index (χ1v) is 7.54. The Morgan fingerprint density at radius 2 is 1.85 bits per heavy atom. The van der Waals surface area contributed by atoms with Gasteiger partial charge in [0.25, 0.3) is 0 Å². The van der Waals surface area contributed by atoms with E-state index in [0.29, 0.717) is 5.75 Å². The first-order chi connectivity index (χ1) is 9.54. The minimum atomic E-state index is -0.980. The van der Waals surface area contributed by atoms with Crippen LogP contribution >= 0.6 is 11.8 Å². The lowest BCUT2D eigenvalue weighted by Gasteiger charge is -2.05. The Hall–Kier alpha value is -1.81. The summed E-state index contributed by atoms with van der Waals surface area (Å²) in [7, 11) is 0. The summed E-state index contributed by atoms with van der Waals surface area (Å²) in [5.41, 5.74) is 4.74. The number of carboxylic acid groups (broad SMARTS) is 1. The number of thioether (sulfide) groups is 1. The van der Waals surface area contributed by atoms with Gasteiger partial charge in [0.15, 0.2) is 0 Å². The smallest absolute Gasteiger partial charge is 0.354 e. The summed E-state index contributed by atoms with van der Waals surface area (Å²) >= 11 is 1.74. The van der Waals surface area contributed by atoms with E-state index in [1.54, 1.807) is 17.8 Å². The van der Waals surface area contributed by atoms with E-state index in [4.69, 9.17) is 5.11 Å². The highest BCUT2D eigenvalue weighted by atomic mass is 32.2. The molecule has 0 aliphatic rings. The first kappa shape index (κ1) is 14.6. The molecule has 0 unspecified atom stereocenters. The van der Waals surface area contributed by atoms with Crippen LogP contribution in [0.2, 0.25) is 0 Å². The SMILES string of the molecule is Cc1cc(C)cc(CSCc2cccc(C(=O)O)n2)c1. The minimum Gasteiger partial charge on any atom is -0.477 e. The van der Waals surface area contributed by atoms with Gasteiger partial charge in [-0.2, -0.15) is 11.8 Å². The van der Waals surface area contributed by atoms with E-state index in [1.165, 1.54) is 22.8 Å². The third kappa shape index (κ3) is 4.10.